The molecule has 0 aliphatic carbocycles. The maximum absolute atomic E-state index is 12.3. The number of nitrogens with one attached hydrogen (secondary N) is 1. The van der Waals surface area contributed by atoms with Crippen molar-refractivity contribution in [2.45, 2.75) is 4.90 Å². The van der Waals surface area contributed by atoms with Crippen LogP contribution >= 0.6 is 0 Å². The summed E-state index contributed by atoms with van der Waals surface area (Å²) < 4.78 is 27.8. The number of sulfonamides is 1. The summed E-state index contributed by atoms with van der Waals surface area (Å²) in [4.78, 5) is 22.5. The van der Waals surface area contributed by atoms with Crippen molar-refractivity contribution in [1.29, 1.82) is 0 Å². The van der Waals surface area contributed by atoms with E-state index in [0.29, 0.717) is 37.8 Å². The molecular formula is C15H17N5O4S. The Labute approximate surface area is 144 Å². The number of amides is 1. The fourth-order valence-electron chi connectivity index (χ4n) is 2.36. The summed E-state index contributed by atoms with van der Waals surface area (Å²) in [5.74, 6) is 0.244. The second-order valence-corrected chi connectivity index (χ2v) is 6.95. The molecule has 1 aliphatic rings. The Morgan fingerprint density at radius 3 is 2.48 bits per heavy atom. The molecule has 132 valence electrons. The Hall–Kier alpha value is -2.56. The average molecular weight is 363 g/mol. The highest BCUT2D eigenvalue weighted by atomic mass is 32.2. The van der Waals surface area contributed by atoms with Crippen molar-refractivity contribution in [1.82, 2.24) is 9.97 Å². The van der Waals surface area contributed by atoms with Crippen LogP contribution in [-0.4, -0.2) is 50.6 Å². The van der Waals surface area contributed by atoms with Gasteiger partial charge in [-0.15, -0.1) is 0 Å². The van der Waals surface area contributed by atoms with Crippen molar-refractivity contribution >= 4 is 27.4 Å². The highest BCUT2D eigenvalue weighted by Crippen LogP contribution is 2.16. The summed E-state index contributed by atoms with van der Waals surface area (Å²) in [5.41, 5.74) is 0.649. The van der Waals surface area contributed by atoms with Gasteiger partial charge in [-0.05, 0) is 24.3 Å². The minimum Gasteiger partial charge on any atom is -0.378 e. The van der Waals surface area contributed by atoms with Gasteiger partial charge in [0.15, 0.2) is 0 Å². The van der Waals surface area contributed by atoms with Gasteiger partial charge in [0, 0.05) is 24.8 Å². The Balaban J connectivity index is 1.72. The fourth-order valence-corrected chi connectivity index (χ4v) is 2.88. The van der Waals surface area contributed by atoms with Gasteiger partial charge in [0.1, 0.15) is 17.8 Å². The first-order valence-corrected chi connectivity index (χ1v) is 9.07. The molecule has 9 nitrogen and oxygen atoms in total. The molecule has 2 aromatic rings. The number of benzene rings is 1. The van der Waals surface area contributed by atoms with Crippen LogP contribution in [0.25, 0.3) is 0 Å². The number of nitrogens with two attached hydrogens (primary N) is 1. The van der Waals surface area contributed by atoms with Crippen molar-refractivity contribution in [2.75, 3.05) is 36.5 Å². The summed E-state index contributed by atoms with van der Waals surface area (Å²) >= 11 is 0. The number of rotatable bonds is 4. The number of hydrogen-bond acceptors (Lipinski definition) is 7. The van der Waals surface area contributed by atoms with E-state index in [2.05, 4.69) is 15.3 Å². The van der Waals surface area contributed by atoms with Gasteiger partial charge in [0.2, 0.25) is 10.0 Å². The molecule has 1 aromatic heterocycles. The second-order valence-electron chi connectivity index (χ2n) is 5.38. The third-order valence-corrected chi connectivity index (χ3v) is 4.59. The predicted octanol–water partition coefficient (Wildman–Crippen LogP) is 0.213. The van der Waals surface area contributed by atoms with Crippen molar-refractivity contribution in [3.8, 4) is 0 Å². The third kappa shape index (κ3) is 4.29. The lowest BCUT2D eigenvalue weighted by atomic mass is 10.3. The Kier molecular flexibility index (Phi) is 4.93. The van der Waals surface area contributed by atoms with Crippen LogP contribution in [0.4, 0.5) is 11.5 Å². The fraction of sp³-hybridized carbons (Fsp3) is 0.267. The number of carbonyl (C=O) groups is 1. The highest BCUT2D eigenvalue weighted by molar-refractivity contribution is 7.89. The molecule has 3 rings (SSSR count). The van der Waals surface area contributed by atoms with Crippen molar-refractivity contribution in [2.24, 2.45) is 5.14 Å². The van der Waals surface area contributed by atoms with Gasteiger partial charge in [-0.1, -0.05) is 0 Å². The molecule has 25 heavy (non-hydrogen) atoms. The van der Waals surface area contributed by atoms with Gasteiger partial charge >= 0.3 is 0 Å². The van der Waals surface area contributed by atoms with Crippen LogP contribution in [0.3, 0.4) is 0 Å². The third-order valence-electron chi connectivity index (χ3n) is 3.66. The van der Waals surface area contributed by atoms with E-state index in [1.807, 2.05) is 4.90 Å². The van der Waals surface area contributed by atoms with E-state index in [1.54, 1.807) is 6.07 Å². The number of morpholine rings is 1. The number of anilines is 2. The summed E-state index contributed by atoms with van der Waals surface area (Å²) in [6.45, 7) is 2.63. The van der Waals surface area contributed by atoms with Crippen LogP contribution < -0.4 is 15.4 Å². The van der Waals surface area contributed by atoms with Crippen molar-refractivity contribution in [3.05, 3.63) is 42.4 Å². The van der Waals surface area contributed by atoms with E-state index in [-0.39, 0.29) is 10.6 Å². The average Bonchev–Trinajstić information content (AvgIpc) is 2.62. The molecule has 0 atom stereocenters. The molecule has 0 bridgehead atoms. The minimum atomic E-state index is -3.77. The van der Waals surface area contributed by atoms with Gasteiger partial charge in [-0.3, -0.25) is 4.79 Å². The molecule has 2 heterocycles. The first-order chi connectivity index (χ1) is 11.9. The maximum atomic E-state index is 12.3. The molecule has 0 spiro atoms. The van der Waals surface area contributed by atoms with E-state index in [1.165, 1.54) is 30.6 Å². The molecule has 3 N–H and O–H groups in total. The number of hydrogen-bond donors (Lipinski definition) is 2. The number of nitrogens with zero attached hydrogens (tertiary/aromatic N) is 3. The second kappa shape index (κ2) is 7.13. The summed E-state index contributed by atoms with van der Waals surface area (Å²) in [6, 6.07) is 7.18. The smallest absolute Gasteiger partial charge is 0.274 e. The van der Waals surface area contributed by atoms with E-state index < -0.39 is 15.9 Å². The van der Waals surface area contributed by atoms with Crippen LogP contribution in [0.2, 0.25) is 0 Å². The van der Waals surface area contributed by atoms with Crippen LogP contribution in [0.1, 0.15) is 10.5 Å². The zero-order valence-corrected chi connectivity index (χ0v) is 14.1. The van der Waals surface area contributed by atoms with Crippen molar-refractivity contribution < 1.29 is 17.9 Å². The maximum Gasteiger partial charge on any atom is 0.274 e. The normalized spacial score (nSPS) is 15.0. The van der Waals surface area contributed by atoms with E-state index in [4.69, 9.17) is 9.88 Å². The van der Waals surface area contributed by atoms with E-state index in [9.17, 15) is 13.2 Å². The summed E-state index contributed by atoms with van der Waals surface area (Å²) in [6.07, 6.45) is 1.34. The first-order valence-electron chi connectivity index (χ1n) is 7.52. The SMILES string of the molecule is NS(=O)(=O)c1ccc(NC(=O)c2cc(N3CCOCC3)ncn2)cc1. The van der Waals surface area contributed by atoms with E-state index >= 15 is 0 Å². The Bertz CT molecular complexity index is 864. The molecule has 1 amide bonds. The van der Waals surface area contributed by atoms with Gasteiger partial charge in [-0.25, -0.2) is 23.5 Å². The zero-order chi connectivity index (χ0) is 17.9. The first kappa shape index (κ1) is 17.3. The van der Waals surface area contributed by atoms with Crippen LogP contribution in [-0.2, 0) is 14.8 Å². The number of carbonyl (C=O) groups excluding carboxylic acids is 1. The lowest BCUT2D eigenvalue weighted by molar-refractivity contribution is 0.102. The summed E-state index contributed by atoms with van der Waals surface area (Å²) in [7, 11) is -3.77. The highest BCUT2D eigenvalue weighted by Gasteiger charge is 2.16. The monoisotopic (exact) mass is 363 g/mol. The molecule has 1 fully saturated rings. The lowest BCUT2D eigenvalue weighted by Crippen LogP contribution is -2.37. The quantitative estimate of drug-likeness (QED) is 0.795. The molecule has 1 saturated heterocycles. The van der Waals surface area contributed by atoms with E-state index in [0.717, 1.165) is 0 Å². The summed E-state index contributed by atoms with van der Waals surface area (Å²) in [5, 5.41) is 7.70. The minimum absolute atomic E-state index is 0.0258. The topological polar surface area (TPSA) is 128 Å². The van der Waals surface area contributed by atoms with Gasteiger partial charge in [0.25, 0.3) is 5.91 Å². The van der Waals surface area contributed by atoms with Crippen molar-refractivity contribution in [3.63, 3.8) is 0 Å². The number of aromatic nitrogens is 2. The lowest BCUT2D eigenvalue weighted by Gasteiger charge is -2.27. The van der Waals surface area contributed by atoms with Crippen LogP contribution in [0.5, 0.6) is 0 Å². The van der Waals surface area contributed by atoms with Crippen LogP contribution in [0, 0.1) is 0 Å². The molecule has 0 radical (unpaired) electrons. The molecule has 10 heteroatoms. The Morgan fingerprint density at radius 2 is 1.84 bits per heavy atom. The molecular weight excluding hydrogens is 346 g/mol. The predicted molar refractivity (Wildman–Crippen MR) is 90.8 cm³/mol. The molecule has 1 aromatic carbocycles. The van der Waals surface area contributed by atoms with Gasteiger partial charge in [0.05, 0.1) is 18.1 Å². The van der Waals surface area contributed by atoms with Gasteiger partial charge < -0.3 is 15.0 Å². The number of primary sulfonamides is 1. The molecule has 0 unspecified atom stereocenters. The Morgan fingerprint density at radius 1 is 1.16 bits per heavy atom. The molecule has 1 aliphatic heterocycles. The van der Waals surface area contributed by atoms with Crippen LogP contribution in [0.15, 0.2) is 41.6 Å². The number of ether oxygens (including phenoxy) is 1. The standard InChI is InChI=1S/C15H17N5O4S/c16-25(22,23)12-3-1-11(2-4-12)19-15(21)13-9-14(18-10-17-13)20-5-7-24-8-6-20/h1-4,9-10H,5-8H2,(H,19,21)(H2,16,22,23). The molecule has 0 saturated carbocycles. The zero-order valence-electron chi connectivity index (χ0n) is 13.3. The largest absolute Gasteiger partial charge is 0.378 e. The van der Waals surface area contributed by atoms with Gasteiger partial charge in [-0.2, -0.15) is 0 Å².